The van der Waals surface area contributed by atoms with Gasteiger partial charge in [0, 0.05) is 10.9 Å². The molecular formula is C21H20FN3O5S3. The minimum Gasteiger partial charge on any atom is -0.454 e. The number of thioether (sulfide) groups is 1. The second-order valence-corrected chi connectivity index (χ2v) is 10.5. The molecule has 2 heterocycles. The van der Waals surface area contributed by atoms with E-state index in [-0.39, 0.29) is 13.2 Å². The van der Waals surface area contributed by atoms with Gasteiger partial charge in [0.1, 0.15) is 16.8 Å². The van der Waals surface area contributed by atoms with E-state index in [9.17, 15) is 17.6 Å². The minimum absolute atomic E-state index is 0.164. The molecule has 1 atom stereocenters. The first-order valence-corrected chi connectivity index (χ1v) is 13.6. The average Bonchev–Trinajstić information content (AvgIpc) is 3.45. The lowest BCUT2D eigenvalue weighted by Gasteiger charge is -2.17. The fraction of sp³-hybridized carbons (Fsp3) is 0.238. The van der Waals surface area contributed by atoms with Crippen molar-refractivity contribution in [1.82, 2.24) is 9.71 Å². The Morgan fingerprint density at radius 3 is 2.82 bits per heavy atom. The number of sulfonamides is 1. The zero-order valence-electron chi connectivity index (χ0n) is 17.4. The molecular weight excluding hydrogens is 489 g/mol. The predicted octanol–water partition coefficient (Wildman–Crippen LogP) is 3.72. The first kappa shape index (κ1) is 23.5. The van der Waals surface area contributed by atoms with E-state index in [2.05, 4.69) is 15.0 Å². The molecule has 1 amide bonds. The van der Waals surface area contributed by atoms with Gasteiger partial charge in [-0.15, -0.1) is 11.3 Å². The molecule has 0 spiro atoms. The summed E-state index contributed by atoms with van der Waals surface area (Å²) in [7, 11) is -4.24. The SMILES string of the molecule is CSCCC(NS(=O)(=O)c1ccccc1F)C(=O)Nc1nc(-c2ccc3c(c2)OCO3)cs1. The molecule has 0 fully saturated rings. The van der Waals surface area contributed by atoms with Crippen LogP contribution in [0.5, 0.6) is 11.5 Å². The predicted molar refractivity (Wildman–Crippen MR) is 126 cm³/mol. The Balaban J connectivity index is 1.49. The van der Waals surface area contributed by atoms with E-state index in [0.29, 0.717) is 28.1 Å². The summed E-state index contributed by atoms with van der Waals surface area (Å²) in [6, 6.07) is 9.34. The summed E-state index contributed by atoms with van der Waals surface area (Å²) in [6.45, 7) is 0.164. The van der Waals surface area contributed by atoms with Gasteiger partial charge in [0.05, 0.1) is 5.69 Å². The monoisotopic (exact) mass is 509 g/mol. The summed E-state index contributed by atoms with van der Waals surface area (Å²) >= 11 is 2.67. The van der Waals surface area contributed by atoms with Crippen LogP contribution in [0.25, 0.3) is 11.3 Å². The number of rotatable bonds is 9. The van der Waals surface area contributed by atoms with Gasteiger partial charge < -0.3 is 14.8 Å². The molecule has 4 rings (SSSR count). The summed E-state index contributed by atoms with van der Waals surface area (Å²) in [6.07, 6.45) is 2.07. The van der Waals surface area contributed by atoms with E-state index in [0.717, 1.165) is 17.7 Å². The Bertz CT molecular complexity index is 1270. The first-order chi connectivity index (χ1) is 15.9. The summed E-state index contributed by atoms with van der Waals surface area (Å²) in [4.78, 5) is 16.8. The van der Waals surface area contributed by atoms with Gasteiger partial charge in [-0.1, -0.05) is 12.1 Å². The van der Waals surface area contributed by atoms with Crippen LogP contribution in [0, 0.1) is 5.82 Å². The molecule has 0 saturated carbocycles. The number of thiazole rings is 1. The number of benzene rings is 2. The fourth-order valence-corrected chi connectivity index (χ4v) is 5.61. The van der Waals surface area contributed by atoms with Crippen LogP contribution >= 0.6 is 23.1 Å². The Morgan fingerprint density at radius 1 is 1.24 bits per heavy atom. The van der Waals surface area contributed by atoms with Crippen molar-refractivity contribution >= 4 is 44.2 Å². The smallest absolute Gasteiger partial charge is 0.244 e. The normalized spacial score (nSPS) is 13.6. The number of amides is 1. The van der Waals surface area contributed by atoms with Gasteiger partial charge in [-0.05, 0) is 48.8 Å². The van der Waals surface area contributed by atoms with E-state index in [1.54, 1.807) is 17.5 Å². The molecule has 174 valence electrons. The van der Waals surface area contributed by atoms with E-state index < -0.39 is 32.7 Å². The van der Waals surface area contributed by atoms with Crippen molar-refractivity contribution in [1.29, 1.82) is 0 Å². The number of hydrogen-bond donors (Lipinski definition) is 2. The van der Waals surface area contributed by atoms with Crippen LogP contribution in [0.1, 0.15) is 6.42 Å². The van der Waals surface area contributed by atoms with Crippen LogP contribution in [-0.2, 0) is 14.8 Å². The third-order valence-electron chi connectivity index (χ3n) is 4.75. The lowest BCUT2D eigenvalue weighted by molar-refractivity contribution is -0.117. The standard InChI is InChI=1S/C21H20FN3O5S3/c1-31-9-8-15(25-33(27,28)19-5-3-2-4-14(19)22)20(26)24-21-23-16(11-32-21)13-6-7-17-18(10-13)30-12-29-17/h2-7,10-11,15,25H,8-9,12H2,1H3,(H,23,24,26). The van der Waals surface area contributed by atoms with E-state index in [4.69, 9.17) is 9.47 Å². The molecule has 33 heavy (non-hydrogen) atoms. The van der Waals surface area contributed by atoms with Crippen molar-refractivity contribution in [2.75, 3.05) is 24.1 Å². The van der Waals surface area contributed by atoms with Crippen LogP contribution in [0.4, 0.5) is 9.52 Å². The number of fused-ring (bicyclic) bond motifs is 1. The molecule has 0 radical (unpaired) electrons. The van der Waals surface area contributed by atoms with Gasteiger partial charge >= 0.3 is 0 Å². The number of nitrogens with zero attached hydrogens (tertiary/aromatic N) is 1. The van der Waals surface area contributed by atoms with Crippen molar-refractivity contribution in [3.8, 4) is 22.8 Å². The highest BCUT2D eigenvalue weighted by Gasteiger charge is 2.28. The molecule has 0 bridgehead atoms. The van der Waals surface area contributed by atoms with Crippen LogP contribution in [-0.4, -0.2) is 44.2 Å². The lowest BCUT2D eigenvalue weighted by atomic mass is 10.1. The number of nitrogens with one attached hydrogen (secondary N) is 2. The van der Waals surface area contributed by atoms with Gasteiger partial charge in [0.15, 0.2) is 16.6 Å². The number of hydrogen-bond acceptors (Lipinski definition) is 8. The number of ether oxygens (including phenoxy) is 2. The molecule has 1 aliphatic rings. The first-order valence-electron chi connectivity index (χ1n) is 9.79. The van der Waals surface area contributed by atoms with E-state index in [1.807, 2.05) is 12.3 Å². The molecule has 2 aromatic carbocycles. The minimum atomic E-state index is -4.24. The van der Waals surface area contributed by atoms with Crippen molar-refractivity contribution in [2.24, 2.45) is 0 Å². The third kappa shape index (κ3) is 5.46. The zero-order chi connectivity index (χ0) is 23.4. The Hall–Kier alpha value is -2.67. The van der Waals surface area contributed by atoms with Gasteiger partial charge in [-0.3, -0.25) is 4.79 Å². The molecule has 8 nitrogen and oxygen atoms in total. The van der Waals surface area contributed by atoms with Gasteiger partial charge in [0.25, 0.3) is 0 Å². The summed E-state index contributed by atoms with van der Waals surface area (Å²) < 4.78 is 52.4. The van der Waals surface area contributed by atoms with Crippen LogP contribution in [0.3, 0.4) is 0 Å². The lowest BCUT2D eigenvalue weighted by Crippen LogP contribution is -2.44. The average molecular weight is 510 g/mol. The number of anilines is 1. The van der Waals surface area contributed by atoms with Crippen molar-refractivity contribution in [3.05, 3.63) is 53.7 Å². The summed E-state index contributed by atoms with van der Waals surface area (Å²) in [5, 5.41) is 4.75. The fourth-order valence-electron chi connectivity index (χ4n) is 3.10. The summed E-state index contributed by atoms with van der Waals surface area (Å²) in [5.74, 6) is 0.336. The van der Waals surface area contributed by atoms with Crippen molar-refractivity contribution < 1.29 is 27.1 Å². The molecule has 1 unspecified atom stereocenters. The zero-order valence-corrected chi connectivity index (χ0v) is 19.9. The molecule has 0 aliphatic carbocycles. The van der Waals surface area contributed by atoms with Gasteiger partial charge in [-0.2, -0.15) is 16.5 Å². The maximum atomic E-state index is 14.0. The second-order valence-electron chi connectivity index (χ2n) is 6.98. The molecule has 12 heteroatoms. The number of halogens is 1. The maximum absolute atomic E-state index is 14.0. The molecule has 1 aliphatic heterocycles. The molecule has 0 saturated heterocycles. The molecule has 1 aromatic heterocycles. The van der Waals surface area contributed by atoms with Crippen molar-refractivity contribution in [3.63, 3.8) is 0 Å². The van der Waals surface area contributed by atoms with Crippen LogP contribution in [0.15, 0.2) is 52.7 Å². The van der Waals surface area contributed by atoms with E-state index >= 15 is 0 Å². The molecule has 2 N–H and O–H groups in total. The Kier molecular flexibility index (Phi) is 7.17. The highest BCUT2D eigenvalue weighted by Crippen LogP contribution is 2.36. The van der Waals surface area contributed by atoms with Gasteiger partial charge in [0.2, 0.25) is 22.7 Å². The van der Waals surface area contributed by atoms with E-state index in [1.165, 1.54) is 35.2 Å². The highest BCUT2D eigenvalue weighted by molar-refractivity contribution is 7.98. The Morgan fingerprint density at radius 2 is 2.03 bits per heavy atom. The number of carbonyl (C=O) groups excluding carboxylic acids is 1. The number of carbonyl (C=O) groups is 1. The summed E-state index contributed by atoms with van der Waals surface area (Å²) in [5.41, 5.74) is 1.41. The number of aromatic nitrogens is 1. The third-order valence-corrected chi connectivity index (χ3v) is 7.66. The highest BCUT2D eigenvalue weighted by atomic mass is 32.2. The topological polar surface area (TPSA) is 107 Å². The second kappa shape index (κ2) is 10.1. The van der Waals surface area contributed by atoms with Crippen LogP contribution in [0.2, 0.25) is 0 Å². The maximum Gasteiger partial charge on any atom is 0.244 e. The molecule has 3 aromatic rings. The largest absolute Gasteiger partial charge is 0.454 e. The Labute approximate surface area is 198 Å². The van der Waals surface area contributed by atoms with Crippen molar-refractivity contribution in [2.45, 2.75) is 17.4 Å². The van der Waals surface area contributed by atoms with Crippen LogP contribution < -0.4 is 19.5 Å². The van der Waals surface area contributed by atoms with Gasteiger partial charge in [-0.25, -0.2) is 17.8 Å². The quantitative estimate of drug-likeness (QED) is 0.453.